The summed E-state index contributed by atoms with van der Waals surface area (Å²) in [4.78, 5) is 18.9. The summed E-state index contributed by atoms with van der Waals surface area (Å²) in [6.45, 7) is 1.66. The zero-order valence-electron chi connectivity index (χ0n) is 14.3. The molecule has 0 unspecified atom stereocenters. The summed E-state index contributed by atoms with van der Waals surface area (Å²) in [5, 5.41) is 4.29. The molecule has 128 valence electrons. The van der Waals surface area contributed by atoms with Crippen molar-refractivity contribution >= 4 is 5.91 Å². The Hall–Kier alpha value is -3.39. The molecule has 5 nitrogen and oxygen atoms in total. The fraction of sp³-hybridized carbons (Fsp3) is 0.190. The van der Waals surface area contributed by atoms with Crippen LogP contribution in [0.2, 0.25) is 0 Å². The van der Waals surface area contributed by atoms with E-state index in [2.05, 4.69) is 21.9 Å². The number of amides is 1. The third-order valence-corrected chi connectivity index (χ3v) is 4.38. The number of aromatic nitrogens is 3. The summed E-state index contributed by atoms with van der Waals surface area (Å²) in [5.74, 6) is 6.30. The lowest BCUT2D eigenvalue weighted by atomic mass is 10.1. The third-order valence-electron chi connectivity index (χ3n) is 4.38. The summed E-state index contributed by atoms with van der Waals surface area (Å²) in [6, 6.07) is 13.1. The molecular weight excluding hydrogens is 324 g/mol. The first-order valence-electron chi connectivity index (χ1n) is 8.68. The maximum Gasteiger partial charge on any atom is 0.253 e. The molecule has 26 heavy (non-hydrogen) atoms. The summed E-state index contributed by atoms with van der Waals surface area (Å²) in [5.41, 5.74) is 2.95. The fourth-order valence-corrected chi connectivity index (χ4v) is 3.05. The minimum atomic E-state index is 0.0652. The minimum absolute atomic E-state index is 0.0652. The number of benzene rings is 1. The number of carbonyl (C=O) groups excluding carboxylic acids is 1. The van der Waals surface area contributed by atoms with Gasteiger partial charge in [-0.2, -0.15) is 5.10 Å². The molecular formula is C21H18N4O. The van der Waals surface area contributed by atoms with E-state index in [-0.39, 0.29) is 5.91 Å². The highest BCUT2D eigenvalue weighted by Crippen LogP contribution is 2.19. The van der Waals surface area contributed by atoms with Gasteiger partial charge in [0.15, 0.2) is 0 Å². The fourth-order valence-electron chi connectivity index (χ4n) is 3.05. The van der Waals surface area contributed by atoms with E-state index >= 15 is 0 Å². The summed E-state index contributed by atoms with van der Waals surface area (Å²) >= 11 is 0. The maximum absolute atomic E-state index is 12.7. The molecule has 3 aromatic rings. The van der Waals surface area contributed by atoms with Gasteiger partial charge in [-0.3, -0.25) is 4.79 Å². The monoisotopic (exact) mass is 342 g/mol. The highest BCUT2D eigenvalue weighted by molar-refractivity contribution is 5.95. The first-order valence-corrected chi connectivity index (χ1v) is 8.68. The average molecular weight is 342 g/mol. The molecule has 0 N–H and O–H groups in total. The van der Waals surface area contributed by atoms with Gasteiger partial charge in [0, 0.05) is 37.2 Å². The smallest absolute Gasteiger partial charge is 0.253 e. The van der Waals surface area contributed by atoms with Crippen LogP contribution in [0.3, 0.4) is 0 Å². The second-order valence-corrected chi connectivity index (χ2v) is 6.15. The van der Waals surface area contributed by atoms with Gasteiger partial charge in [0.2, 0.25) is 0 Å². The van der Waals surface area contributed by atoms with Gasteiger partial charge >= 0.3 is 0 Å². The largest absolute Gasteiger partial charge is 0.339 e. The molecule has 1 amide bonds. The van der Waals surface area contributed by atoms with Gasteiger partial charge in [0.1, 0.15) is 5.69 Å². The van der Waals surface area contributed by atoms with E-state index in [9.17, 15) is 4.79 Å². The van der Waals surface area contributed by atoms with Crippen molar-refractivity contribution in [2.24, 2.45) is 0 Å². The van der Waals surface area contributed by atoms with Crippen LogP contribution in [-0.2, 0) is 0 Å². The normalized spacial score (nSPS) is 13.3. The van der Waals surface area contributed by atoms with E-state index in [4.69, 9.17) is 0 Å². The summed E-state index contributed by atoms with van der Waals surface area (Å²) in [7, 11) is 0. The molecule has 1 saturated heterocycles. The maximum atomic E-state index is 12.7. The van der Waals surface area contributed by atoms with E-state index < -0.39 is 0 Å². The Bertz CT molecular complexity index is 962. The van der Waals surface area contributed by atoms with Crippen LogP contribution in [0.15, 0.2) is 61.1 Å². The molecule has 3 heterocycles. The van der Waals surface area contributed by atoms with Crippen LogP contribution in [0.5, 0.6) is 0 Å². The van der Waals surface area contributed by atoms with Crippen LogP contribution in [0.25, 0.3) is 5.69 Å². The average Bonchev–Trinajstić information content (AvgIpc) is 3.40. The van der Waals surface area contributed by atoms with Crippen LogP contribution in [-0.4, -0.2) is 38.7 Å². The molecule has 4 rings (SSSR count). The Kier molecular flexibility index (Phi) is 4.48. The number of carbonyl (C=O) groups is 1. The Morgan fingerprint density at radius 1 is 1.00 bits per heavy atom. The predicted molar refractivity (Wildman–Crippen MR) is 98.9 cm³/mol. The summed E-state index contributed by atoms with van der Waals surface area (Å²) in [6.07, 6.45) is 7.45. The van der Waals surface area contributed by atoms with Gasteiger partial charge in [-0.25, -0.2) is 9.67 Å². The Labute approximate surface area is 152 Å². The predicted octanol–water partition coefficient (Wildman–Crippen LogP) is 2.90. The topological polar surface area (TPSA) is 51.0 Å². The van der Waals surface area contributed by atoms with E-state index in [1.807, 2.05) is 53.6 Å². The van der Waals surface area contributed by atoms with Crippen molar-refractivity contribution in [2.75, 3.05) is 13.1 Å². The van der Waals surface area contributed by atoms with E-state index in [1.165, 1.54) is 0 Å². The van der Waals surface area contributed by atoms with Crippen molar-refractivity contribution in [3.63, 3.8) is 0 Å². The molecule has 0 radical (unpaired) electrons. The highest BCUT2D eigenvalue weighted by Gasteiger charge is 2.20. The van der Waals surface area contributed by atoms with Crippen LogP contribution >= 0.6 is 0 Å². The number of hydrogen-bond acceptors (Lipinski definition) is 3. The molecule has 1 aromatic carbocycles. The molecule has 1 aliphatic rings. The Morgan fingerprint density at radius 2 is 1.88 bits per heavy atom. The van der Waals surface area contributed by atoms with Crippen molar-refractivity contribution in [1.82, 2.24) is 19.7 Å². The quantitative estimate of drug-likeness (QED) is 0.673. The van der Waals surface area contributed by atoms with Crippen molar-refractivity contribution in [3.05, 3.63) is 77.9 Å². The highest BCUT2D eigenvalue weighted by atomic mass is 16.2. The third kappa shape index (κ3) is 3.35. The molecule has 1 fully saturated rings. The molecule has 2 aromatic heterocycles. The molecule has 0 saturated carbocycles. The van der Waals surface area contributed by atoms with E-state index in [0.717, 1.165) is 37.2 Å². The first kappa shape index (κ1) is 16.1. The van der Waals surface area contributed by atoms with Crippen LogP contribution in [0.1, 0.15) is 34.5 Å². The zero-order valence-corrected chi connectivity index (χ0v) is 14.3. The van der Waals surface area contributed by atoms with Crippen molar-refractivity contribution < 1.29 is 4.79 Å². The Morgan fingerprint density at radius 3 is 2.62 bits per heavy atom. The molecule has 0 aliphatic carbocycles. The first-order chi connectivity index (χ1) is 12.8. The number of likely N-dealkylation sites (tertiary alicyclic amines) is 1. The second kappa shape index (κ2) is 7.24. The lowest BCUT2D eigenvalue weighted by molar-refractivity contribution is 0.0793. The van der Waals surface area contributed by atoms with Crippen LogP contribution < -0.4 is 0 Å². The number of nitrogens with zero attached hydrogens (tertiary/aromatic N) is 4. The van der Waals surface area contributed by atoms with Gasteiger partial charge in [-0.15, -0.1) is 0 Å². The van der Waals surface area contributed by atoms with Crippen molar-refractivity contribution in [1.29, 1.82) is 0 Å². The van der Waals surface area contributed by atoms with E-state index in [0.29, 0.717) is 11.3 Å². The number of pyridine rings is 1. The Balaban J connectivity index is 1.74. The minimum Gasteiger partial charge on any atom is -0.339 e. The standard InChI is InChI=1S/C21H18N4O/c26-21(24-13-3-4-14-24)18-8-10-20(25-15-5-12-23-25)17(16-18)7-9-19-6-1-2-11-22-19/h1-2,5-6,8,10-12,15-16H,3-4,13-14H2. The molecule has 1 aliphatic heterocycles. The van der Waals surface area contributed by atoms with Crippen molar-refractivity contribution in [3.8, 4) is 17.5 Å². The van der Waals surface area contributed by atoms with Gasteiger partial charge in [0.25, 0.3) is 5.91 Å². The van der Waals surface area contributed by atoms with Crippen LogP contribution in [0, 0.1) is 11.8 Å². The van der Waals surface area contributed by atoms with Gasteiger partial charge in [0.05, 0.1) is 11.3 Å². The SMILES string of the molecule is O=C(c1ccc(-n2cccn2)c(C#Cc2ccccn2)c1)N1CCCC1. The lowest BCUT2D eigenvalue weighted by Gasteiger charge is -2.16. The van der Waals surface area contributed by atoms with Crippen LogP contribution in [0.4, 0.5) is 0 Å². The second-order valence-electron chi connectivity index (χ2n) is 6.15. The lowest BCUT2D eigenvalue weighted by Crippen LogP contribution is -2.27. The number of hydrogen-bond donors (Lipinski definition) is 0. The van der Waals surface area contributed by atoms with Crippen molar-refractivity contribution in [2.45, 2.75) is 12.8 Å². The van der Waals surface area contributed by atoms with Gasteiger partial charge < -0.3 is 4.90 Å². The van der Waals surface area contributed by atoms with E-state index in [1.54, 1.807) is 17.1 Å². The van der Waals surface area contributed by atoms with Gasteiger partial charge in [-0.1, -0.05) is 12.0 Å². The zero-order chi connectivity index (χ0) is 17.8. The molecule has 5 heteroatoms. The summed E-state index contributed by atoms with van der Waals surface area (Å²) < 4.78 is 1.76. The molecule has 0 spiro atoms. The van der Waals surface area contributed by atoms with Gasteiger partial charge in [-0.05, 0) is 55.2 Å². The number of rotatable bonds is 2. The molecule has 0 atom stereocenters. The molecule has 0 bridgehead atoms.